The van der Waals surface area contributed by atoms with Crippen molar-refractivity contribution < 1.29 is 23.7 Å². The molecule has 0 spiro atoms. The van der Waals surface area contributed by atoms with E-state index in [-0.39, 0.29) is 18.1 Å². The van der Waals surface area contributed by atoms with E-state index in [1.54, 1.807) is 12.1 Å². The van der Waals surface area contributed by atoms with Gasteiger partial charge in [-0.2, -0.15) is 0 Å². The second kappa shape index (κ2) is 11.0. The molecule has 6 nitrogen and oxygen atoms in total. The standard InChI is InChI=1S/C25H33NO5/c1-5-28-21-15-19(16-22(29-6-2)24(21)30-7-3)25(27)26-20-9-8-14-31-23(20)18-12-10-17(4)11-13-18/h10-13,15-16,20,23H,5-9,14H2,1-4H3,(H,26,27)/t20-,23+/m1/s1. The third kappa shape index (κ3) is 5.70. The molecule has 1 heterocycles. The zero-order chi connectivity index (χ0) is 22.2. The Hall–Kier alpha value is -2.73. The molecule has 0 bridgehead atoms. The SMILES string of the molecule is CCOc1cc(C(=O)N[C@@H]2CCCO[C@H]2c2ccc(C)cc2)cc(OCC)c1OCC. The fraction of sp³-hybridized carbons (Fsp3) is 0.480. The molecule has 1 amide bonds. The number of carbonyl (C=O) groups excluding carboxylic acids is 1. The third-order valence-corrected chi connectivity index (χ3v) is 5.22. The van der Waals surface area contributed by atoms with Gasteiger partial charge in [0.15, 0.2) is 11.5 Å². The molecule has 2 aromatic rings. The monoisotopic (exact) mass is 427 g/mol. The van der Waals surface area contributed by atoms with Gasteiger partial charge in [0, 0.05) is 12.2 Å². The number of ether oxygens (including phenoxy) is 4. The lowest BCUT2D eigenvalue weighted by molar-refractivity contribution is -0.00947. The maximum Gasteiger partial charge on any atom is 0.251 e. The van der Waals surface area contributed by atoms with Crippen LogP contribution in [0.2, 0.25) is 0 Å². The molecule has 0 radical (unpaired) electrons. The lowest BCUT2D eigenvalue weighted by Gasteiger charge is -2.33. The second-order valence-electron chi connectivity index (χ2n) is 7.52. The summed E-state index contributed by atoms with van der Waals surface area (Å²) >= 11 is 0. The minimum Gasteiger partial charge on any atom is -0.490 e. The quantitative estimate of drug-likeness (QED) is 0.620. The zero-order valence-corrected chi connectivity index (χ0v) is 18.9. The van der Waals surface area contributed by atoms with Crippen molar-refractivity contribution in [2.75, 3.05) is 26.4 Å². The van der Waals surface area contributed by atoms with E-state index in [1.807, 2.05) is 20.8 Å². The van der Waals surface area contributed by atoms with E-state index in [4.69, 9.17) is 18.9 Å². The summed E-state index contributed by atoms with van der Waals surface area (Å²) in [6.45, 7) is 9.84. The molecule has 2 atom stereocenters. The molecule has 0 saturated carbocycles. The van der Waals surface area contributed by atoms with E-state index in [2.05, 4.69) is 36.5 Å². The highest BCUT2D eigenvalue weighted by Gasteiger charge is 2.29. The number of hydrogen-bond donors (Lipinski definition) is 1. The molecule has 3 rings (SSSR count). The Morgan fingerprint density at radius 1 is 1.00 bits per heavy atom. The van der Waals surface area contributed by atoms with Crippen LogP contribution in [0.15, 0.2) is 36.4 Å². The van der Waals surface area contributed by atoms with Gasteiger partial charge in [-0.15, -0.1) is 0 Å². The van der Waals surface area contributed by atoms with Gasteiger partial charge >= 0.3 is 0 Å². The van der Waals surface area contributed by atoms with Crippen molar-refractivity contribution in [2.45, 2.75) is 52.7 Å². The summed E-state index contributed by atoms with van der Waals surface area (Å²) in [6.07, 6.45) is 1.60. The summed E-state index contributed by atoms with van der Waals surface area (Å²) in [7, 11) is 0. The van der Waals surface area contributed by atoms with E-state index < -0.39 is 0 Å². The van der Waals surface area contributed by atoms with Gasteiger partial charge in [0.25, 0.3) is 5.91 Å². The van der Waals surface area contributed by atoms with Crippen LogP contribution in [0.25, 0.3) is 0 Å². The summed E-state index contributed by atoms with van der Waals surface area (Å²) in [5.41, 5.74) is 2.75. The molecule has 1 fully saturated rings. The first-order valence-electron chi connectivity index (χ1n) is 11.1. The van der Waals surface area contributed by atoms with Crippen LogP contribution in [0.4, 0.5) is 0 Å². The third-order valence-electron chi connectivity index (χ3n) is 5.22. The Morgan fingerprint density at radius 3 is 2.19 bits per heavy atom. The topological polar surface area (TPSA) is 66.0 Å². The zero-order valence-electron chi connectivity index (χ0n) is 18.9. The maximum atomic E-state index is 13.2. The van der Waals surface area contributed by atoms with Gasteiger partial charge in [-0.25, -0.2) is 0 Å². The molecular formula is C25H33NO5. The molecule has 6 heteroatoms. The van der Waals surface area contributed by atoms with E-state index in [0.29, 0.717) is 49.2 Å². The summed E-state index contributed by atoms with van der Waals surface area (Å²) in [5.74, 6) is 1.37. The molecular weight excluding hydrogens is 394 g/mol. The van der Waals surface area contributed by atoms with Crippen LogP contribution in [-0.2, 0) is 4.74 Å². The van der Waals surface area contributed by atoms with Crippen LogP contribution in [0.5, 0.6) is 17.2 Å². The Kier molecular flexibility index (Phi) is 8.18. The molecule has 1 aliphatic rings. The fourth-order valence-electron chi connectivity index (χ4n) is 3.79. The molecule has 0 aliphatic carbocycles. The van der Waals surface area contributed by atoms with Gasteiger partial charge in [0.1, 0.15) is 6.10 Å². The van der Waals surface area contributed by atoms with Crippen molar-refractivity contribution in [3.05, 3.63) is 53.1 Å². The maximum absolute atomic E-state index is 13.2. The average Bonchev–Trinajstić information content (AvgIpc) is 2.77. The predicted octanol–water partition coefficient (Wildman–Crippen LogP) is 4.84. The first kappa shape index (κ1) is 22.9. The van der Waals surface area contributed by atoms with Crippen LogP contribution >= 0.6 is 0 Å². The van der Waals surface area contributed by atoms with Gasteiger partial charge in [0.2, 0.25) is 5.75 Å². The molecule has 1 N–H and O–H groups in total. The predicted molar refractivity (Wildman–Crippen MR) is 120 cm³/mol. The van der Waals surface area contributed by atoms with Crippen LogP contribution in [0.3, 0.4) is 0 Å². The van der Waals surface area contributed by atoms with Gasteiger partial charge in [0.05, 0.1) is 25.9 Å². The number of aryl methyl sites for hydroxylation is 1. The molecule has 0 aromatic heterocycles. The van der Waals surface area contributed by atoms with Crippen molar-refractivity contribution >= 4 is 5.91 Å². The summed E-state index contributed by atoms with van der Waals surface area (Å²) in [5, 5.41) is 3.17. The Balaban J connectivity index is 1.85. The van der Waals surface area contributed by atoms with E-state index >= 15 is 0 Å². The number of rotatable bonds is 9. The van der Waals surface area contributed by atoms with Crippen LogP contribution in [-0.4, -0.2) is 38.4 Å². The van der Waals surface area contributed by atoms with E-state index in [9.17, 15) is 4.79 Å². The van der Waals surface area contributed by atoms with Crippen molar-refractivity contribution in [3.63, 3.8) is 0 Å². The van der Waals surface area contributed by atoms with Crippen LogP contribution in [0, 0.1) is 6.92 Å². The number of hydrogen-bond acceptors (Lipinski definition) is 5. The molecule has 0 unspecified atom stereocenters. The molecule has 1 aliphatic heterocycles. The number of benzene rings is 2. The Bertz CT molecular complexity index is 838. The summed E-state index contributed by atoms with van der Waals surface area (Å²) in [6, 6.07) is 11.6. The lowest BCUT2D eigenvalue weighted by Crippen LogP contribution is -2.42. The highest BCUT2D eigenvalue weighted by molar-refractivity contribution is 5.96. The van der Waals surface area contributed by atoms with Crippen molar-refractivity contribution in [2.24, 2.45) is 0 Å². The number of carbonyl (C=O) groups is 1. The molecule has 2 aromatic carbocycles. The van der Waals surface area contributed by atoms with Crippen LogP contribution < -0.4 is 19.5 Å². The van der Waals surface area contributed by atoms with Gasteiger partial charge < -0.3 is 24.3 Å². The largest absolute Gasteiger partial charge is 0.490 e. The minimum absolute atomic E-state index is 0.110. The van der Waals surface area contributed by atoms with Crippen molar-refractivity contribution in [1.82, 2.24) is 5.32 Å². The van der Waals surface area contributed by atoms with Crippen LogP contribution in [0.1, 0.15) is 61.2 Å². The van der Waals surface area contributed by atoms with Crippen molar-refractivity contribution in [3.8, 4) is 17.2 Å². The molecule has 168 valence electrons. The minimum atomic E-state index is -0.183. The van der Waals surface area contributed by atoms with E-state index in [1.165, 1.54) is 5.56 Å². The second-order valence-corrected chi connectivity index (χ2v) is 7.52. The molecule has 1 saturated heterocycles. The van der Waals surface area contributed by atoms with Gasteiger partial charge in [-0.05, 0) is 58.2 Å². The summed E-state index contributed by atoms with van der Waals surface area (Å²) < 4.78 is 23.3. The number of amides is 1. The highest BCUT2D eigenvalue weighted by atomic mass is 16.5. The van der Waals surface area contributed by atoms with Gasteiger partial charge in [-0.3, -0.25) is 4.79 Å². The normalized spacial score (nSPS) is 18.3. The van der Waals surface area contributed by atoms with Gasteiger partial charge in [-0.1, -0.05) is 29.8 Å². The smallest absolute Gasteiger partial charge is 0.251 e. The average molecular weight is 428 g/mol. The number of nitrogens with one attached hydrogen (secondary N) is 1. The highest BCUT2D eigenvalue weighted by Crippen LogP contribution is 2.39. The fourth-order valence-corrected chi connectivity index (χ4v) is 3.79. The Labute approximate surface area is 184 Å². The first-order chi connectivity index (χ1) is 15.1. The van der Waals surface area contributed by atoms with Crippen molar-refractivity contribution in [1.29, 1.82) is 0 Å². The summed E-state index contributed by atoms with van der Waals surface area (Å²) in [4.78, 5) is 13.2. The molecule has 31 heavy (non-hydrogen) atoms. The lowest BCUT2D eigenvalue weighted by atomic mass is 9.95. The Morgan fingerprint density at radius 2 is 1.61 bits per heavy atom. The van der Waals surface area contributed by atoms with E-state index in [0.717, 1.165) is 18.4 Å². The first-order valence-corrected chi connectivity index (χ1v) is 11.1.